The van der Waals surface area contributed by atoms with Gasteiger partial charge in [0, 0.05) is 17.8 Å². The standard InChI is InChI=1S/C11H10N4O2.2ClH/c16-11(17)4-7-15-6-3-9(8-13-15)10-2-1-5-12-14-10;;/h1-3,5-6,8H,4,7H2;2*1H. The molecule has 102 valence electrons. The highest BCUT2D eigenvalue weighted by atomic mass is 35.5. The van der Waals surface area contributed by atoms with Gasteiger partial charge < -0.3 is 17.5 Å². The van der Waals surface area contributed by atoms with Crippen LogP contribution in [-0.4, -0.2) is 26.4 Å². The summed E-state index contributed by atoms with van der Waals surface area (Å²) in [7, 11) is 0. The lowest BCUT2D eigenvalue weighted by Crippen LogP contribution is -3.00. The van der Waals surface area contributed by atoms with Gasteiger partial charge in [-0.2, -0.15) is 10.2 Å². The first-order valence-electron chi connectivity index (χ1n) is 5.11. The van der Waals surface area contributed by atoms with E-state index < -0.39 is 5.97 Å². The lowest BCUT2D eigenvalue weighted by molar-refractivity contribution is -0.752. The predicted molar refractivity (Wildman–Crippen MR) is 65.0 cm³/mol. The topological polar surface area (TPSA) is 79.9 Å². The fourth-order valence-corrected chi connectivity index (χ4v) is 1.33. The highest BCUT2D eigenvalue weighted by molar-refractivity contribution is 5.85. The van der Waals surface area contributed by atoms with E-state index >= 15 is 0 Å². The van der Waals surface area contributed by atoms with E-state index in [9.17, 15) is 4.79 Å². The molecule has 0 aliphatic heterocycles. The van der Waals surface area contributed by atoms with Crippen LogP contribution in [-0.2, 0) is 11.3 Å². The van der Waals surface area contributed by atoms with E-state index in [1.807, 2.05) is 12.1 Å². The van der Waals surface area contributed by atoms with Gasteiger partial charge in [0.25, 0.3) is 0 Å². The van der Waals surface area contributed by atoms with Crippen LogP contribution in [0.2, 0.25) is 0 Å². The maximum atomic E-state index is 10.4. The van der Waals surface area contributed by atoms with Gasteiger partial charge in [-0.15, -0.1) is 12.4 Å². The number of rotatable bonds is 4. The Morgan fingerprint density at radius 3 is 2.68 bits per heavy atom. The molecule has 0 atom stereocenters. The van der Waals surface area contributed by atoms with Crippen molar-refractivity contribution in [2.45, 2.75) is 13.0 Å². The summed E-state index contributed by atoms with van der Waals surface area (Å²) in [5.74, 6) is -0.836. The van der Waals surface area contributed by atoms with Gasteiger partial charge in [-0.05, 0) is 17.2 Å². The molecular formula is C11H12Cl2N4O2. The molecule has 1 N–H and O–H groups in total. The Balaban J connectivity index is 0.00000162. The second-order valence-corrected chi connectivity index (χ2v) is 3.43. The van der Waals surface area contributed by atoms with Crippen LogP contribution in [0.15, 0.2) is 36.8 Å². The average Bonchev–Trinajstić information content (AvgIpc) is 2.38. The van der Waals surface area contributed by atoms with Crippen molar-refractivity contribution in [3.8, 4) is 11.3 Å². The molecule has 2 heterocycles. The quantitative estimate of drug-likeness (QED) is 0.644. The van der Waals surface area contributed by atoms with Crippen molar-refractivity contribution in [2.24, 2.45) is 0 Å². The van der Waals surface area contributed by atoms with E-state index in [4.69, 9.17) is 5.11 Å². The molecule has 0 radical (unpaired) electrons. The third-order valence-electron chi connectivity index (χ3n) is 2.19. The van der Waals surface area contributed by atoms with E-state index in [0.717, 1.165) is 11.3 Å². The summed E-state index contributed by atoms with van der Waals surface area (Å²) in [4.78, 5) is 10.4. The molecule has 0 bridgehead atoms. The van der Waals surface area contributed by atoms with Crippen molar-refractivity contribution in [3.63, 3.8) is 0 Å². The first kappa shape index (κ1) is 17.2. The van der Waals surface area contributed by atoms with Gasteiger partial charge in [0.15, 0.2) is 12.7 Å². The number of carbonyl (C=O) groups is 1. The third kappa shape index (κ3) is 5.15. The van der Waals surface area contributed by atoms with Gasteiger partial charge in [0.05, 0.1) is 5.69 Å². The zero-order valence-electron chi connectivity index (χ0n) is 9.81. The summed E-state index contributed by atoms with van der Waals surface area (Å²) in [6.45, 7) is 0.357. The molecule has 0 aromatic carbocycles. The molecule has 0 unspecified atom stereocenters. The Morgan fingerprint density at radius 1 is 1.37 bits per heavy atom. The summed E-state index contributed by atoms with van der Waals surface area (Å²) in [5, 5.41) is 20.4. The number of hydrogen-bond acceptors (Lipinski definition) is 4. The molecule has 2 aromatic heterocycles. The zero-order chi connectivity index (χ0) is 12.1. The number of carboxylic acid groups (broad SMARTS) is 1. The lowest BCUT2D eigenvalue weighted by atomic mass is 10.2. The molecule has 0 fully saturated rings. The van der Waals surface area contributed by atoms with Crippen LogP contribution in [0.3, 0.4) is 0 Å². The highest BCUT2D eigenvalue weighted by Crippen LogP contribution is 2.11. The van der Waals surface area contributed by atoms with Crippen LogP contribution in [0.25, 0.3) is 11.3 Å². The summed E-state index contributed by atoms with van der Waals surface area (Å²) < 4.78 is 1.58. The largest absolute Gasteiger partial charge is 1.00 e. The van der Waals surface area contributed by atoms with E-state index in [2.05, 4.69) is 15.3 Å². The second kappa shape index (κ2) is 8.34. The van der Waals surface area contributed by atoms with Crippen LogP contribution in [0.1, 0.15) is 6.42 Å². The Labute approximate surface area is 122 Å². The maximum Gasteiger partial charge on any atom is 0.309 e. The fraction of sp³-hybridized carbons (Fsp3) is 0.182. The Kier molecular flexibility index (Phi) is 7.55. The van der Waals surface area contributed by atoms with Crippen LogP contribution in [0, 0.1) is 0 Å². The minimum Gasteiger partial charge on any atom is -1.00 e. The first-order valence-corrected chi connectivity index (χ1v) is 5.11. The first-order chi connectivity index (χ1) is 8.25. The molecule has 8 heteroatoms. The van der Waals surface area contributed by atoms with Crippen LogP contribution in [0.4, 0.5) is 0 Å². The van der Waals surface area contributed by atoms with Crippen molar-refractivity contribution in [3.05, 3.63) is 36.8 Å². The van der Waals surface area contributed by atoms with Crippen LogP contribution < -0.4 is 17.1 Å². The van der Waals surface area contributed by atoms with Gasteiger partial charge in [0.1, 0.15) is 12.6 Å². The molecule has 0 saturated carbocycles. The minimum absolute atomic E-state index is 0. The van der Waals surface area contributed by atoms with Crippen LogP contribution in [0.5, 0.6) is 0 Å². The number of nitrogens with zero attached hydrogens (tertiary/aromatic N) is 4. The predicted octanol–water partition coefficient (Wildman–Crippen LogP) is -2.27. The number of aromatic nitrogens is 4. The number of hydrogen-bond donors (Lipinski definition) is 1. The number of aliphatic carboxylic acids is 1. The normalized spacial score (nSPS) is 9.05. The molecule has 6 nitrogen and oxygen atoms in total. The minimum atomic E-state index is -0.836. The SMILES string of the molecule is Cl.O=C(O)CC[n+]1ccc(-c2cccnn2)cn1.[Cl-]. The molecule has 0 spiro atoms. The maximum absolute atomic E-state index is 10.4. The summed E-state index contributed by atoms with van der Waals surface area (Å²) in [6, 6.07) is 5.47. The summed E-state index contributed by atoms with van der Waals surface area (Å²) in [6.07, 6.45) is 5.04. The van der Waals surface area contributed by atoms with Crippen molar-refractivity contribution in [1.82, 2.24) is 15.3 Å². The second-order valence-electron chi connectivity index (χ2n) is 3.43. The average molecular weight is 303 g/mol. The monoisotopic (exact) mass is 302 g/mol. The third-order valence-corrected chi connectivity index (χ3v) is 2.19. The molecule has 19 heavy (non-hydrogen) atoms. The zero-order valence-corrected chi connectivity index (χ0v) is 11.4. The fourth-order valence-electron chi connectivity index (χ4n) is 1.33. The Bertz CT molecular complexity index is 508. The van der Waals surface area contributed by atoms with E-state index in [0.29, 0.717) is 6.54 Å². The van der Waals surface area contributed by atoms with Gasteiger partial charge in [-0.3, -0.25) is 4.79 Å². The molecule has 0 aliphatic rings. The van der Waals surface area contributed by atoms with Crippen molar-refractivity contribution in [2.75, 3.05) is 0 Å². The van der Waals surface area contributed by atoms with Gasteiger partial charge in [0.2, 0.25) is 0 Å². The Morgan fingerprint density at radius 2 is 2.16 bits per heavy atom. The smallest absolute Gasteiger partial charge is 0.309 e. The van der Waals surface area contributed by atoms with Crippen molar-refractivity contribution in [1.29, 1.82) is 0 Å². The van der Waals surface area contributed by atoms with Gasteiger partial charge in [-0.25, -0.2) is 0 Å². The molecular weight excluding hydrogens is 291 g/mol. The molecule has 0 aliphatic carbocycles. The number of carboxylic acids is 1. The van der Waals surface area contributed by atoms with Gasteiger partial charge >= 0.3 is 5.97 Å². The molecule has 2 rings (SSSR count). The molecule has 0 saturated heterocycles. The summed E-state index contributed by atoms with van der Waals surface area (Å²) >= 11 is 0. The van der Waals surface area contributed by atoms with E-state index in [1.165, 1.54) is 0 Å². The lowest BCUT2D eigenvalue weighted by Gasteiger charge is -1.96. The van der Waals surface area contributed by atoms with E-state index in [-0.39, 0.29) is 31.2 Å². The van der Waals surface area contributed by atoms with Gasteiger partial charge in [-0.1, -0.05) is 4.68 Å². The number of halogens is 2. The van der Waals surface area contributed by atoms with Crippen molar-refractivity contribution >= 4 is 18.4 Å². The van der Waals surface area contributed by atoms with E-state index in [1.54, 1.807) is 29.3 Å². The molecule has 0 amide bonds. The van der Waals surface area contributed by atoms with Crippen LogP contribution >= 0.6 is 12.4 Å². The molecule has 2 aromatic rings. The Hall–Kier alpha value is -1.79. The number of aryl methyl sites for hydroxylation is 1. The highest BCUT2D eigenvalue weighted by Gasteiger charge is 2.07. The summed E-state index contributed by atoms with van der Waals surface area (Å²) in [5.41, 5.74) is 1.59. The van der Waals surface area contributed by atoms with Crippen molar-refractivity contribution < 1.29 is 27.0 Å².